The standard InChI is InChI=1S/C3H4F4O3S/c4-1-2-10-11(8,9)3(5,6)7/h1-2H2/i4-1. The van der Waals surface area contributed by atoms with E-state index >= 15 is 0 Å². The van der Waals surface area contributed by atoms with Crippen LogP contribution in [0.2, 0.25) is 0 Å². The zero-order valence-electron chi connectivity index (χ0n) is 5.06. The van der Waals surface area contributed by atoms with Crippen molar-refractivity contribution in [1.82, 2.24) is 0 Å². The Morgan fingerprint density at radius 2 is 1.73 bits per heavy atom. The van der Waals surface area contributed by atoms with Crippen LogP contribution in [0.25, 0.3) is 0 Å². The highest BCUT2D eigenvalue weighted by atomic mass is 32.2. The zero-order valence-corrected chi connectivity index (χ0v) is 5.88. The van der Waals surface area contributed by atoms with Gasteiger partial charge >= 0.3 is 15.6 Å². The van der Waals surface area contributed by atoms with Gasteiger partial charge in [0, 0.05) is 0 Å². The van der Waals surface area contributed by atoms with Gasteiger partial charge in [0.15, 0.2) is 0 Å². The Labute approximate surface area is 60.1 Å². The van der Waals surface area contributed by atoms with Crippen molar-refractivity contribution in [3.8, 4) is 0 Å². The molecular formula is C3H4F4O3S. The smallest absolute Gasteiger partial charge is 0.260 e. The predicted octanol–water partition coefficient (Wildman–Crippen LogP) is 0.822. The van der Waals surface area contributed by atoms with E-state index in [-0.39, 0.29) is 0 Å². The van der Waals surface area contributed by atoms with Crippen LogP contribution in [-0.4, -0.2) is 27.2 Å². The highest BCUT2D eigenvalue weighted by Crippen LogP contribution is 2.24. The van der Waals surface area contributed by atoms with Crippen molar-refractivity contribution in [3.63, 3.8) is 0 Å². The monoisotopic (exact) mass is 195 g/mol. The summed E-state index contributed by atoms with van der Waals surface area (Å²) >= 11 is 0. The van der Waals surface area contributed by atoms with E-state index in [1.54, 1.807) is 0 Å². The Bertz CT molecular complexity index is 205. The molecule has 0 spiro atoms. The summed E-state index contributed by atoms with van der Waals surface area (Å²) in [7, 11) is -5.60. The SMILES string of the molecule is O=S(=O)(OCC[18F])C(F)(F)F. The minimum atomic E-state index is -5.60. The summed E-state index contributed by atoms with van der Waals surface area (Å²) in [5.74, 6) is 0. The summed E-state index contributed by atoms with van der Waals surface area (Å²) in [5.41, 5.74) is -5.47. The third kappa shape index (κ3) is 3.02. The minimum Gasteiger partial charge on any atom is -0.260 e. The quantitative estimate of drug-likeness (QED) is 0.380. The topological polar surface area (TPSA) is 43.4 Å². The Morgan fingerprint density at radius 3 is 2.00 bits per heavy atom. The van der Waals surface area contributed by atoms with E-state index in [1.165, 1.54) is 0 Å². The fraction of sp³-hybridized carbons (Fsp3) is 1.00. The minimum absolute atomic E-state index is 1.11. The molecule has 0 aliphatic heterocycles. The van der Waals surface area contributed by atoms with Gasteiger partial charge in [-0.15, -0.1) is 0 Å². The van der Waals surface area contributed by atoms with E-state index in [4.69, 9.17) is 0 Å². The van der Waals surface area contributed by atoms with Crippen LogP contribution >= 0.6 is 0 Å². The number of hydrogen-bond acceptors (Lipinski definition) is 3. The van der Waals surface area contributed by atoms with Gasteiger partial charge in [-0.05, 0) is 0 Å². The van der Waals surface area contributed by atoms with Crippen LogP contribution in [0, 0.1) is 0 Å². The molecule has 3 nitrogen and oxygen atoms in total. The van der Waals surface area contributed by atoms with Gasteiger partial charge in [0.25, 0.3) is 0 Å². The number of halogens is 4. The Balaban J connectivity index is 4.26. The van der Waals surface area contributed by atoms with Crippen molar-refractivity contribution in [3.05, 3.63) is 0 Å². The van der Waals surface area contributed by atoms with E-state index < -0.39 is 28.9 Å². The molecule has 0 atom stereocenters. The van der Waals surface area contributed by atoms with Crippen molar-refractivity contribution in [1.29, 1.82) is 0 Å². The summed E-state index contributed by atoms with van der Waals surface area (Å²) in [6.45, 7) is -2.39. The van der Waals surface area contributed by atoms with E-state index in [0.717, 1.165) is 0 Å². The maximum atomic E-state index is 11.3. The second-order valence-electron chi connectivity index (χ2n) is 1.41. The highest BCUT2D eigenvalue weighted by molar-refractivity contribution is 7.87. The average molecular weight is 195 g/mol. The number of rotatable bonds is 3. The van der Waals surface area contributed by atoms with E-state index in [0.29, 0.717) is 0 Å². The van der Waals surface area contributed by atoms with Crippen LogP contribution in [-0.2, 0) is 14.3 Å². The molecule has 0 radical (unpaired) electrons. The van der Waals surface area contributed by atoms with Gasteiger partial charge in [0.2, 0.25) is 0 Å². The second kappa shape index (κ2) is 3.35. The van der Waals surface area contributed by atoms with Crippen LogP contribution < -0.4 is 0 Å². The maximum Gasteiger partial charge on any atom is 0.523 e. The lowest BCUT2D eigenvalue weighted by molar-refractivity contribution is -0.0544. The molecule has 0 fully saturated rings. The molecule has 11 heavy (non-hydrogen) atoms. The molecule has 0 aromatic carbocycles. The molecule has 0 amide bonds. The first-order valence-electron chi connectivity index (χ1n) is 2.33. The summed E-state index contributed by atoms with van der Waals surface area (Å²) in [6.07, 6.45) is 0. The summed E-state index contributed by atoms with van der Waals surface area (Å²) < 4.78 is 68.1. The van der Waals surface area contributed by atoms with Crippen LogP contribution in [0.5, 0.6) is 0 Å². The van der Waals surface area contributed by atoms with Crippen LogP contribution in [0.3, 0.4) is 0 Å². The van der Waals surface area contributed by atoms with E-state index in [9.17, 15) is 26.0 Å². The van der Waals surface area contributed by atoms with Gasteiger partial charge < -0.3 is 0 Å². The lowest BCUT2D eigenvalue weighted by atomic mass is 10.8. The molecule has 8 heteroatoms. The molecule has 0 bridgehead atoms. The van der Waals surface area contributed by atoms with Gasteiger partial charge in [-0.2, -0.15) is 21.6 Å². The molecule has 0 unspecified atom stereocenters. The third-order valence-electron chi connectivity index (χ3n) is 0.599. The van der Waals surface area contributed by atoms with Gasteiger partial charge in [0.1, 0.15) is 6.67 Å². The van der Waals surface area contributed by atoms with Crippen molar-refractivity contribution in [2.75, 3.05) is 13.3 Å². The molecule has 0 heterocycles. The second-order valence-corrected chi connectivity index (χ2v) is 3.02. The van der Waals surface area contributed by atoms with Gasteiger partial charge in [-0.3, -0.25) is 4.18 Å². The normalized spacial score (nSPS) is 13.5. The molecule has 0 saturated carbocycles. The van der Waals surface area contributed by atoms with Crippen molar-refractivity contribution in [2.45, 2.75) is 5.51 Å². The molecular weight excluding hydrogens is 191 g/mol. The highest BCUT2D eigenvalue weighted by Gasteiger charge is 2.47. The maximum absolute atomic E-state index is 11.3. The fourth-order valence-corrected chi connectivity index (χ4v) is 0.624. The molecule has 68 valence electrons. The van der Waals surface area contributed by atoms with E-state index in [1.807, 2.05) is 0 Å². The van der Waals surface area contributed by atoms with Gasteiger partial charge in [-0.25, -0.2) is 4.39 Å². The zero-order chi connectivity index (χ0) is 9.12. The molecule has 0 aliphatic carbocycles. The van der Waals surface area contributed by atoms with Crippen LogP contribution in [0.1, 0.15) is 0 Å². The lowest BCUT2D eigenvalue weighted by Gasteiger charge is -2.05. The Kier molecular flexibility index (Phi) is 3.24. The average Bonchev–Trinajstić information content (AvgIpc) is 1.81. The number of hydrogen-bond donors (Lipinski definition) is 0. The fourth-order valence-electron chi connectivity index (χ4n) is 0.208. The van der Waals surface area contributed by atoms with E-state index in [2.05, 4.69) is 4.18 Å². The first-order chi connectivity index (χ1) is 4.81. The first kappa shape index (κ1) is 10.6. The van der Waals surface area contributed by atoms with Crippen molar-refractivity contribution in [2.24, 2.45) is 0 Å². The van der Waals surface area contributed by atoms with Crippen molar-refractivity contribution < 1.29 is 30.2 Å². The summed E-state index contributed by atoms with van der Waals surface area (Å²) in [4.78, 5) is 0. The molecule has 0 rings (SSSR count). The van der Waals surface area contributed by atoms with Gasteiger partial charge in [-0.1, -0.05) is 0 Å². The predicted molar refractivity (Wildman–Crippen MR) is 26.9 cm³/mol. The van der Waals surface area contributed by atoms with Gasteiger partial charge in [0.05, 0.1) is 6.61 Å². The van der Waals surface area contributed by atoms with Crippen molar-refractivity contribution >= 4 is 10.1 Å². The summed E-state index contributed by atoms with van der Waals surface area (Å²) in [5, 5.41) is 0. The van der Waals surface area contributed by atoms with Crippen LogP contribution in [0.15, 0.2) is 0 Å². The summed E-state index contributed by atoms with van der Waals surface area (Å²) in [6, 6.07) is 0. The largest absolute Gasteiger partial charge is 0.523 e. The molecule has 0 aromatic rings. The third-order valence-corrected chi connectivity index (χ3v) is 1.64. The lowest BCUT2D eigenvalue weighted by Crippen LogP contribution is -2.26. The molecule has 0 aliphatic rings. The van der Waals surface area contributed by atoms with Crippen LogP contribution in [0.4, 0.5) is 17.6 Å². The Hall–Kier alpha value is -0.370. The molecule has 0 aromatic heterocycles. The molecule has 0 saturated heterocycles. The number of alkyl halides is 4. The molecule has 0 N–H and O–H groups in total. The Morgan fingerprint density at radius 1 is 1.27 bits per heavy atom. The first-order valence-corrected chi connectivity index (χ1v) is 3.74.